The third kappa shape index (κ3) is 5.66. The first-order chi connectivity index (χ1) is 15.6. The largest absolute Gasteiger partial charge is 0.379 e. The topological polar surface area (TPSA) is 54.5 Å². The van der Waals surface area contributed by atoms with Gasteiger partial charge < -0.3 is 10.1 Å². The molecule has 8 heteroatoms. The van der Waals surface area contributed by atoms with Crippen molar-refractivity contribution in [2.45, 2.75) is 16.0 Å². The molecule has 166 valence electrons. The molecule has 0 spiro atoms. The van der Waals surface area contributed by atoms with Gasteiger partial charge >= 0.3 is 0 Å². The van der Waals surface area contributed by atoms with Crippen LogP contribution in [0, 0.1) is 5.82 Å². The first kappa shape index (κ1) is 22.7. The predicted octanol–water partition coefficient (Wildman–Crippen LogP) is 4.83. The van der Waals surface area contributed by atoms with Crippen molar-refractivity contribution in [2.24, 2.45) is 0 Å². The lowest BCUT2D eigenvalue weighted by atomic mass is 10.0. The minimum atomic E-state index is -0.282. The van der Waals surface area contributed by atoms with Crippen LogP contribution in [0.1, 0.15) is 22.0 Å². The van der Waals surface area contributed by atoms with Gasteiger partial charge in [-0.3, -0.25) is 9.69 Å². The number of amides is 1. The second-order valence-electron chi connectivity index (χ2n) is 7.31. The van der Waals surface area contributed by atoms with Gasteiger partial charge in [0.1, 0.15) is 10.8 Å². The molecule has 1 atom stereocenters. The first-order valence-electron chi connectivity index (χ1n) is 10.3. The van der Waals surface area contributed by atoms with Crippen molar-refractivity contribution in [2.75, 3.05) is 32.8 Å². The number of ether oxygens (including phenoxy) is 1. The van der Waals surface area contributed by atoms with Crippen LogP contribution in [-0.2, 0) is 4.74 Å². The Morgan fingerprint density at radius 3 is 2.62 bits per heavy atom. The van der Waals surface area contributed by atoms with Gasteiger partial charge in [-0.05, 0) is 42.0 Å². The van der Waals surface area contributed by atoms with Crippen molar-refractivity contribution in [3.8, 4) is 0 Å². The maximum absolute atomic E-state index is 13.5. The number of rotatable bonds is 7. The van der Waals surface area contributed by atoms with Gasteiger partial charge in [0.25, 0.3) is 5.91 Å². The van der Waals surface area contributed by atoms with E-state index in [4.69, 9.17) is 16.3 Å². The van der Waals surface area contributed by atoms with Crippen molar-refractivity contribution in [1.29, 1.82) is 0 Å². The lowest BCUT2D eigenvalue weighted by molar-refractivity contribution is 0.0162. The summed E-state index contributed by atoms with van der Waals surface area (Å²) in [7, 11) is 0. The Balaban J connectivity index is 1.51. The SMILES string of the molecule is O=C(NC[C@@H](c1ccc(F)cc1)N1CCOCC1)c1cccnc1Sc1ccccc1Cl. The fourth-order valence-electron chi connectivity index (χ4n) is 3.59. The van der Waals surface area contributed by atoms with Crippen LogP contribution in [0.5, 0.6) is 0 Å². The van der Waals surface area contributed by atoms with Crippen molar-refractivity contribution < 1.29 is 13.9 Å². The van der Waals surface area contributed by atoms with Crippen LogP contribution in [-0.4, -0.2) is 48.6 Å². The maximum atomic E-state index is 13.5. The van der Waals surface area contributed by atoms with E-state index in [0.717, 1.165) is 23.5 Å². The molecule has 5 nitrogen and oxygen atoms in total. The Bertz CT molecular complexity index is 1060. The standard InChI is InChI=1S/C24H23ClFN3O2S/c25-20-5-1-2-6-22(20)32-24-19(4-3-11-27-24)23(30)28-16-21(29-12-14-31-15-13-29)17-7-9-18(26)10-8-17/h1-11,21H,12-16H2,(H,28,30)/t21-/m0/s1. The van der Waals surface area contributed by atoms with Gasteiger partial charge in [-0.15, -0.1) is 0 Å². The van der Waals surface area contributed by atoms with Gasteiger partial charge in [0.15, 0.2) is 0 Å². The molecule has 4 rings (SSSR count). The van der Waals surface area contributed by atoms with Crippen LogP contribution in [0.4, 0.5) is 4.39 Å². The maximum Gasteiger partial charge on any atom is 0.254 e. The average Bonchev–Trinajstić information content (AvgIpc) is 2.83. The van der Waals surface area contributed by atoms with Crippen molar-refractivity contribution in [1.82, 2.24) is 15.2 Å². The van der Waals surface area contributed by atoms with E-state index in [-0.39, 0.29) is 17.8 Å². The summed E-state index contributed by atoms with van der Waals surface area (Å²) in [5, 5.41) is 4.24. The summed E-state index contributed by atoms with van der Waals surface area (Å²) in [6, 6.07) is 17.3. The van der Waals surface area contributed by atoms with Gasteiger partial charge in [-0.2, -0.15) is 0 Å². The summed E-state index contributed by atoms with van der Waals surface area (Å²) >= 11 is 7.64. The number of pyridine rings is 1. The molecule has 1 amide bonds. The molecule has 2 heterocycles. The number of aromatic nitrogens is 1. The lowest BCUT2D eigenvalue weighted by Gasteiger charge is -2.35. The van der Waals surface area contributed by atoms with E-state index in [2.05, 4.69) is 15.2 Å². The summed E-state index contributed by atoms with van der Waals surface area (Å²) in [6.45, 7) is 3.14. The van der Waals surface area contributed by atoms with E-state index >= 15 is 0 Å². The van der Waals surface area contributed by atoms with E-state index in [1.807, 2.05) is 24.3 Å². The van der Waals surface area contributed by atoms with Gasteiger partial charge in [-0.25, -0.2) is 9.37 Å². The second kappa shape index (κ2) is 10.9. The van der Waals surface area contributed by atoms with Crippen LogP contribution in [0.2, 0.25) is 5.02 Å². The molecule has 0 unspecified atom stereocenters. The number of halogens is 2. The molecule has 0 saturated carbocycles. The third-order valence-electron chi connectivity index (χ3n) is 5.26. The average molecular weight is 472 g/mol. The van der Waals surface area contributed by atoms with Gasteiger partial charge in [0.2, 0.25) is 0 Å². The van der Waals surface area contributed by atoms with Gasteiger partial charge in [0.05, 0.1) is 29.8 Å². The molecule has 0 radical (unpaired) electrons. The highest BCUT2D eigenvalue weighted by Gasteiger charge is 2.24. The zero-order valence-electron chi connectivity index (χ0n) is 17.3. The number of nitrogens with one attached hydrogen (secondary N) is 1. The molecule has 1 aliphatic heterocycles. The summed E-state index contributed by atoms with van der Waals surface area (Å²) in [5.74, 6) is -0.497. The van der Waals surface area contributed by atoms with Gasteiger partial charge in [-0.1, -0.05) is 47.6 Å². The number of nitrogens with zero attached hydrogens (tertiary/aromatic N) is 2. The Morgan fingerprint density at radius 1 is 1.12 bits per heavy atom. The molecule has 3 aromatic rings. The number of carbonyl (C=O) groups is 1. The Labute approximate surface area is 195 Å². The molecular weight excluding hydrogens is 449 g/mol. The van der Waals surface area contributed by atoms with E-state index < -0.39 is 0 Å². The summed E-state index contributed by atoms with van der Waals surface area (Å²) in [5.41, 5.74) is 1.43. The Hall–Kier alpha value is -2.45. The van der Waals surface area contributed by atoms with Crippen LogP contribution in [0.3, 0.4) is 0 Å². The molecule has 1 N–H and O–H groups in total. The highest BCUT2D eigenvalue weighted by Crippen LogP contribution is 2.33. The van der Waals surface area contributed by atoms with E-state index in [1.165, 1.54) is 23.9 Å². The fraction of sp³-hybridized carbons (Fsp3) is 0.250. The Morgan fingerprint density at radius 2 is 1.88 bits per heavy atom. The second-order valence-corrected chi connectivity index (χ2v) is 8.75. The quantitative estimate of drug-likeness (QED) is 0.535. The van der Waals surface area contributed by atoms with Crippen molar-refractivity contribution in [3.05, 3.63) is 88.8 Å². The number of hydrogen-bond donors (Lipinski definition) is 1. The normalized spacial score (nSPS) is 15.3. The van der Waals surface area contributed by atoms with Crippen LogP contribution < -0.4 is 5.32 Å². The molecule has 0 aliphatic carbocycles. The summed E-state index contributed by atoms with van der Waals surface area (Å²) in [6.07, 6.45) is 1.66. The molecule has 1 aliphatic rings. The van der Waals surface area contributed by atoms with Crippen molar-refractivity contribution in [3.63, 3.8) is 0 Å². The molecule has 1 saturated heterocycles. The molecule has 1 aromatic heterocycles. The minimum absolute atomic E-state index is 0.0835. The van der Waals surface area contributed by atoms with Crippen LogP contribution in [0.15, 0.2) is 76.8 Å². The summed E-state index contributed by atoms with van der Waals surface area (Å²) in [4.78, 5) is 20.6. The smallest absolute Gasteiger partial charge is 0.254 e. The highest BCUT2D eigenvalue weighted by molar-refractivity contribution is 7.99. The highest BCUT2D eigenvalue weighted by atomic mass is 35.5. The van der Waals surface area contributed by atoms with E-state index in [1.54, 1.807) is 30.5 Å². The lowest BCUT2D eigenvalue weighted by Crippen LogP contribution is -2.43. The fourth-order valence-corrected chi connectivity index (χ4v) is 4.75. The minimum Gasteiger partial charge on any atom is -0.379 e. The number of carbonyl (C=O) groups excluding carboxylic acids is 1. The van der Waals surface area contributed by atoms with Crippen LogP contribution >= 0.6 is 23.4 Å². The molecular formula is C24H23ClFN3O2S. The third-order valence-corrected chi connectivity index (χ3v) is 6.79. The molecule has 1 fully saturated rings. The van der Waals surface area contributed by atoms with E-state index in [9.17, 15) is 9.18 Å². The number of hydrogen-bond acceptors (Lipinski definition) is 5. The predicted molar refractivity (Wildman–Crippen MR) is 124 cm³/mol. The molecule has 32 heavy (non-hydrogen) atoms. The van der Waals surface area contributed by atoms with Crippen molar-refractivity contribution >= 4 is 29.3 Å². The monoisotopic (exact) mass is 471 g/mol. The number of benzene rings is 2. The molecule has 0 bridgehead atoms. The van der Waals surface area contributed by atoms with E-state index in [0.29, 0.717) is 35.4 Å². The number of morpholine rings is 1. The van der Waals surface area contributed by atoms with Gasteiger partial charge in [0, 0.05) is 30.7 Å². The molecule has 2 aromatic carbocycles. The van der Waals surface area contributed by atoms with Crippen LogP contribution in [0.25, 0.3) is 0 Å². The first-order valence-corrected chi connectivity index (χ1v) is 11.5. The zero-order chi connectivity index (χ0) is 22.3. The zero-order valence-corrected chi connectivity index (χ0v) is 18.9. The summed E-state index contributed by atoms with van der Waals surface area (Å²) < 4.78 is 18.9. The Kier molecular flexibility index (Phi) is 7.76.